The summed E-state index contributed by atoms with van der Waals surface area (Å²) in [6, 6.07) is 6.68. The number of rotatable bonds is 7. The van der Waals surface area contributed by atoms with Gasteiger partial charge in [-0.2, -0.15) is 0 Å². The minimum atomic E-state index is -5.34. The van der Waals surface area contributed by atoms with E-state index in [9.17, 15) is 14.4 Å². The Morgan fingerprint density at radius 2 is 1.47 bits per heavy atom. The Morgan fingerprint density at radius 1 is 0.875 bits per heavy atom. The maximum atomic E-state index is 11.2. The molecule has 160 valence electrons. The van der Waals surface area contributed by atoms with Gasteiger partial charge in [0.2, 0.25) is 5.75 Å². The van der Waals surface area contributed by atoms with E-state index in [-0.39, 0.29) is 76.4 Å². The van der Waals surface area contributed by atoms with E-state index in [1.54, 1.807) is 13.2 Å². The van der Waals surface area contributed by atoms with Gasteiger partial charge in [-0.25, -0.2) is 0 Å². The van der Waals surface area contributed by atoms with Crippen LogP contribution in [0.2, 0.25) is 0 Å². The molecule has 0 aliphatic rings. The second-order valence-corrected chi connectivity index (χ2v) is 7.51. The van der Waals surface area contributed by atoms with E-state index < -0.39 is 7.82 Å². The molecule has 0 saturated carbocycles. The molecule has 0 N–H and O–H groups in total. The van der Waals surface area contributed by atoms with Gasteiger partial charge in [-0.15, -0.1) is 0 Å². The van der Waals surface area contributed by atoms with Crippen molar-refractivity contribution in [3.63, 3.8) is 0 Å². The molecule has 9 nitrogen and oxygen atoms in total. The van der Waals surface area contributed by atoms with Gasteiger partial charge in [0, 0.05) is 11.1 Å². The molecule has 12 heteroatoms. The van der Waals surface area contributed by atoms with Crippen LogP contribution in [0, 0.1) is 13.8 Å². The summed E-state index contributed by atoms with van der Waals surface area (Å²) >= 11 is 0. The zero-order chi connectivity index (χ0) is 22.1. The van der Waals surface area contributed by atoms with E-state index in [1.807, 2.05) is 26.0 Å². The molecule has 0 radical (unpaired) electrons. The minimum Gasteiger partial charge on any atom is -0.780 e. The molecule has 2 aromatic carbocycles. The van der Waals surface area contributed by atoms with Crippen molar-refractivity contribution in [3.05, 3.63) is 41.6 Å². The molecular formula is C20H20NNa2O8P. The van der Waals surface area contributed by atoms with Crippen molar-refractivity contribution >= 4 is 7.82 Å². The predicted octanol–water partition coefficient (Wildman–Crippen LogP) is -3.13. The first kappa shape index (κ1) is 29.0. The number of phosphoric acid groups is 1. The molecule has 0 fully saturated rings. The summed E-state index contributed by atoms with van der Waals surface area (Å²) in [5, 5.41) is 3.88. The van der Waals surface area contributed by atoms with Gasteiger partial charge in [-0.1, -0.05) is 5.16 Å². The zero-order valence-electron chi connectivity index (χ0n) is 19.0. The molecule has 32 heavy (non-hydrogen) atoms. The van der Waals surface area contributed by atoms with Crippen LogP contribution in [0.4, 0.5) is 0 Å². The first-order valence-corrected chi connectivity index (χ1v) is 10.2. The van der Waals surface area contributed by atoms with Crippen LogP contribution in [0.3, 0.4) is 0 Å². The largest absolute Gasteiger partial charge is 1.00 e. The summed E-state index contributed by atoms with van der Waals surface area (Å²) < 4.78 is 37.1. The van der Waals surface area contributed by atoms with Crippen molar-refractivity contribution in [2.45, 2.75) is 13.8 Å². The number of ether oxygens (including phenoxy) is 3. The Kier molecular flexibility index (Phi) is 10.8. The summed E-state index contributed by atoms with van der Waals surface area (Å²) in [5.41, 5.74) is 3.66. The van der Waals surface area contributed by atoms with Crippen LogP contribution in [-0.2, 0) is 4.57 Å². The van der Waals surface area contributed by atoms with Crippen molar-refractivity contribution in [2.24, 2.45) is 0 Å². The van der Waals surface area contributed by atoms with Gasteiger partial charge in [-0.05, 0) is 54.8 Å². The molecule has 0 amide bonds. The molecule has 3 rings (SSSR count). The number of aromatic nitrogens is 1. The number of phosphoric ester groups is 1. The van der Waals surface area contributed by atoms with Crippen molar-refractivity contribution in [2.75, 3.05) is 21.3 Å². The average molecular weight is 479 g/mol. The number of nitrogens with zero attached hydrogens (tertiary/aromatic N) is 1. The normalized spacial score (nSPS) is 10.6. The Labute approximate surface area is 230 Å². The second-order valence-electron chi connectivity index (χ2n) is 6.44. The van der Waals surface area contributed by atoms with E-state index >= 15 is 0 Å². The van der Waals surface area contributed by atoms with Gasteiger partial charge in [-0.3, -0.25) is 0 Å². The van der Waals surface area contributed by atoms with E-state index in [4.69, 9.17) is 18.7 Å². The standard InChI is InChI=1S/C20H22NO8P.2Na/c1-11-6-14(9-16(25-3)12(11)2)19-15(10-21-28-19)13-7-17(26-4)20(27-5)18(8-13)29-30(22,23)24;;/h6-10H,1-5H3,(H2,22,23,24);;/q;2*+1/p-2. The van der Waals surface area contributed by atoms with Crippen LogP contribution in [-0.4, -0.2) is 26.5 Å². The van der Waals surface area contributed by atoms with E-state index in [0.717, 1.165) is 11.1 Å². The number of hydrogen-bond donors (Lipinski definition) is 0. The van der Waals surface area contributed by atoms with E-state index in [2.05, 4.69) is 9.68 Å². The van der Waals surface area contributed by atoms with Gasteiger partial charge in [0.15, 0.2) is 17.3 Å². The van der Waals surface area contributed by atoms with Crippen molar-refractivity contribution in [1.29, 1.82) is 0 Å². The molecule has 3 aromatic rings. The SMILES string of the molecule is COc1cc(-c2oncc2-c2cc(OC)c(OC)c(OP(=O)([O-])[O-])c2)cc(C)c1C.[Na+].[Na+]. The minimum absolute atomic E-state index is 0. The Hall–Kier alpha value is -1.000. The van der Waals surface area contributed by atoms with Gasteiger partial charge in [0.05, 0.1) is 27.5 Å². The molecule has 0 aliphatic carbocycles. The van der Waals surface area contributed by atoms with Crippen LogP contribution in [0.5, 0.6) is 23.0 Å². The van der Waals surface area contributed by atoms with E-state index in [1.165, 1.54) is 26.5 Å². The molecule has 1 heterocycles. The first-order valence-electron chi connectivity index (χ1n) is 8.76. The van der Waals surface area contributed by atoms with Crippen molar-refractivity contribution < 1.29 is 96.7 Å². The molecule has 0 atom stereocenters. The molecular weight excluding hydrogens is 459 g/mol. The summed E-state index contributed by atoms with van der Waals surface area (Å²) in [7, 11) is -1.08. The summed E-state index contributed by atoms with van der Waals surface area (Å²) in [4.78, 5) is 22.4. The molecule has 0 aliphatic heterocycles. The quantitative estimate of drug-likeness (QED) is 0.255. The van der Waals surface area contributed by atoms with Crippen LogP contribution < -0.4 is 87.6 Å². The van der Waals surface area contributed by atoms with Crippen molar-refractivity contribution in [3.8, 4) is 45.4 Å². The Balaban J connectivity index is 0.00000256. The van der Waals surface area contributed by atoms with Crippen LogP contribution in [0.1, 0.15) is 11.1 Å². The maximum Gasteiger partial charge on any atom is 1.00 e. The molecule has 0 spiro atoms. The molecule has 0 bridgehead atoms. The fourth-order valence-electron chi connectivity index (χ4n) is 3.10. The Bertz CT molecular complexity index is 1130. The topological polar surface area (TPSA) is 126 Å². The summed E-state index contributed by atoms with van der Waals surface area (Å²) in [6.07, 6.45) is 1.47. The number of hydrogen-bond acceptors (Lipinski definition) is 9. The second kappa shape index (κ2) is 11.9. The number of benzene rings is 2. The van der Waals surface area contributed by atoms with Gasteiger partial charge in [0.1, 0.15) is 13.6 Å². The third-order valence-corrected chi connectivity index (χ3v) is 5.06. The number of methoxy groups -OCH3 is 3. The van der Waals surface area contributed by atoms with Crippen molar-refractivity contribution in [1.82, 2.24) is 5.16 Å². The summed E-state index contributed by atoms with van der Waals surface area (Å²) in [6.45, 7) is 3.89. The first-order chi connectivity index (χ1) is 14.2. The molecule has 0 unspecified atom stereocenters. The third-order valence-electron chi connectivity index (χ3n) is 4.64. The average Bonchev–Trinajstić information content (AvgIpc) is 3.18. The third kappa shape index (κ3) is 6.32. The monoisotopic (exact) mass is 479 g/mol. The fraction of sp³-hybridized carbons (Fsp3) is 0.250. The predicted molar refractivity (Wildman–Crippen MR) is 105 cm³/mol. The van der Waals surface area contributed by atoms with Gasteiger partial charge < -0.3 is 37.6 Å². The van der Waals surface area contributed by atoms with Crippen LogP contribution in [0.15, 0.2) is 35.0 Å². The van der Waals surface area contributed by atoms with Gasteiger partial charge in [0.25, 0.3) is 0 Å². The van der Waals surface area contributed by atoms with Crippen LogP contribution in [0.25, 0.3) is 22.5 Å². The van der Waals surface area contributed by atoms with E-state index in [0.29, 0.717) is 28.2 Å². The zero-order valence-corrected chi connectivity index (χ0v) is 23.9. The smallest absolute Gasteiger partial charge is 0.780 e. The number of aryl methyl sites for hydroxylation is 1. The van der Waals surface area contributed by atoms with Gasteiger partial charge >= 0.3 is 59.1 Å². The summed E-state index contributed by atoms with van der Waals surface area (Å²) in [5.74, 6) is 0.941. The van der Waals surface area contributed by atoms with Crippen LogP contribution >= 0.6 is 7.82 Å². The fourth-order valence-corrected chi connectivity index (χ4v) is 3.47. The Morgan fingerprint density at radius 3 is 2.03 bits per heavy atom. The molecule has 1 aromatic heterocycles. The molecule has 0 saturated heterocycles. The maximum absolute atomic E-state index is 11.2.